The SMILES string of the molecule is O=C1CCc2cc(C(=O)CSc3nnc(-c4ccc(F)cc4)n3C[C@@H]3CCCO3)ccc2N1. The summed E-state index contributed by atoms with van der Waals surface area (Å²) < 4.78 is 21.2. The summed E-state index contributed by atoms with van der Waals surface area (Å²) in [5.74, 6) is 0.506. The van der Waals surface area contributed by atoms with Gasteiger partial charge in [0.25, 0.3) is 0 Å². The molecule has 1 amide bonds. The van der Waals surface area contributed by atoms with Crippen LogP contribution in [0.4, 0.5) is 10.1 Å². The fraction of sp³-hybridized carbons (Fsp3) is 0.333. The van der Waals surface area contributed by atoms with Gasteiger partial charge in [-0.15, -0.1) is 10.2 Å². The summed E-state index contributed by atoms with van der Waals surface area (Å²) in [6.07, 6.45) is 3.09. The van der Waals surface area contributed by atoms with Crippen molar-refractivity contribution >= 4 is 29.1 Å². The van der Waals surface area contributed by atoms with Crippen LogP contribution in [0, 0.1) is 5.82 Å². The second-order valence-electron chi connectivity index (χ2n) is 8.19. The molecule has 0 aliphatic carbocycles. The number of anilines is 1. The van der Waals surface area contributed by atoms with Gasteiger partial charge in [0.1, 0.15) is 5.82 Å². The molecule has 170 valence electrons. The van der Waals surface area contributed by atoms with Gasteiger partial charge in [0.2, 0.25) is 5.91 Å². The lowest BCUT2D eigenvalue weighted by atomic mass is 9.99. The van der Waals surface area contributed by atoms with Crippen LogP contribution in [0.5, 0.6) is 0 Å². The van der Waals surface area contributed by atoms with Gasteiger partial charge in [-0.1, -0.05) is 11.8 Å². The Morgan fingerprint density at radius 2 is 2.03 bits per heavy atom. The van der Waals surface area contributed by atoms with Crippen molar-refractivity contribution in [3.05, 3.63) is 59.4 Å². The average molecular weight is 467 g/mol. The van der Waals surface area contributed by atoms with Crippen molar-refractivity contribution in [3.63, 3.8) is 0 Å². The largest absolute Gasteiger partial charge is 0.376 e. The van der Waals surface area contributed by atoms with Crippen molar-refractivity contribution in [2.45, 2.75) is 43.5 Å². The van der Waals surface area contributed by atoms with Crippen molar-refractivity contribution < 1.29 is 18.7 Å². The van der Waals surface area contributed by atoms with E-state index in [2.05, 4.69) is 15.5 Å². The monoisotopic (exact) mass is 466 g/mol. The van der Waals surface area contributed by atoms with Crippen molar-refractivity contribution in [2.75, 3.05) is 17.7 Å². The van der Waals surface area contributed by atoms with Crippen molar-refractivity contribution in [2.24, 2.45) is 0 Å². The number of carbonyl (C=O) groups excluding carboxylic acids is 2. The van der Waals surface area contributed by atoms with Crippen LogP contribution in [0.2, 0.25) is 0 Å². The maximum atomic E-state index is 13.4. The number of ether oxygens (including phenoxy) is 1. The molecule has 0 saturated carbocycles. The van der Waals surface area contributed by atoms with Crippen LogP contribution >= 0.6 is 11.8 Å². The number of carbonyl (C=O) groups is 2. The average Bonchev–Trinajstić information content (AvgIpc) is 3.48. The summed E-state index contributed by atoms with van der Waals surface area (Å²) in [6, 6.07) is 11.5. The van der Waals surface area contributed by atoms with Gasteiger partial charge in [-0.05, 0) is 67.3 Å². The molecule has 3 heterocycles. The van der Waals surface area contributed by atoms with Crippen LogP contribution in [0.3, 0.4) is 0 Å². The molecule has 1 atom stereocenters. The third-order valence-electron chi connectivity index (χ3n) is 5.88. The molecular formula is C24H23FN4O3S. The first-order chi connectivity index (χ1) is 16.1. The normalized spacial score (nSPS) is 17.6. The summed E-state index contributed by atoms with van der Waals surface area (Å²) >= 11 is 1.33. The quantitative estimate of drug-likeness (QED) is 0.416. The summed E-state index contributed by atoms with van der Waals surface area (Å²) in [4.78, 5) is 24.5. The Hall–Kier alpha value is -3.04. The molecule has 3 aromatic rings. The molecule has 1 fully saturated rings. The van der Waals surface area contributed by atoms with Gasteiger partial charge in [-0.25, -0.2) is 4.39 Å². The molecule has 9 heteroatoms. The summed E-state index contributed by atoms with van der Waals surface area (Å²) in [6.45, 7) is 1.31. The third kappa shape index (κ3) is 4.84. The van der Waals surface area contributed by atoms with E-state index >= 15 is 0 Å². The fourth-order valence-corrected chi connectivity index (χ4v) is 4.98. The molecule has 1 aromatic heterocycles. The van der Waals surface area contributed by atoms with Gasteiger partial charge in [-0.3, -0.25) is 14.2 Å². The van der Waals surface area contributed by atoms with Crippen LogP contribution in [-0.2, 0) is 22.5 Å². The lowest BCUT2D eigenvalue weighted by Crippen LogP contribution is -2.19. The number of nitrogens with one attached hydrogen (secondary N) is 1. The number of aryl methyl sites for hydroxylation is 1. The highest BCUT2D eigenvalue weighted by Crippen LogP contribution is 2.28. The molecule has 7 nitrogen and oxygen atoms in total. The van der Waals surface area contributed by atoms with E-state index in [4.69, 9.17) is 4.74 Å². The maximum absolute atomic E-state index is 13.4. The highest BCUT2D eigenvalue weighted by atomic mass is 32.2. The Balaban J connectivity index is 1.35. The third-order valence-corrected chi connectivity index (χ3v) is 6.85. The lowest BCUT2D eigenvalue weighted by molar-refractivity contribution is -0.116. The molecular weight excluding hydrogens is 443 g/mol. The highest BCUT2D eigenvalue weighted by Gasteiger charge is 2.23. The Morgan fingerprint density at radius 1 is 1.18 bits per heavy atom. The number of amides is 1. The van der Waals surface area contributed by atoms with Gasteiger partial charge >= 0.3 is 0 Å². The first-order valence-electron chi connectivity index (χ1n) is 11.0. The van der Waals surface area contributed by atoms with Crippen LogP contribution in [0.1, 0.15) is 35.2 Å². The van der Waals surface area contributed by atoms with Crippen molar-refractivity contribution in [1.29, 1.82) is 0 Å². The number of hydrogen-bond donors (Lipinski definition) is 1. The molecule has 1 saturated heterocycles. The first-order valence-corrected chi connectivity index (χ1v) is 11.9. The number of halogens is 1. The molecule has 5 rings (SSSR count). The number of Topliss-reactive ketones (excluding diaryl/α,β-unsaturated/α-hetero) is 1. The van der Waals surface area contributed by atoms with Crippen molar-refractivity contribution in [3.8, 4) is 11.4 Å². The smallest absolute Gasteiger partial charge is 0.224 e. The number of fused-ring (bicyclic) bond motifs is 1. The topological polar surface area (TPSA) is 86.1 Å². The van der Waals surface area contributed by atoms with Crippen LogP contribution in [0.15, 0.2) is 47.6 Å². The second kappa shape index (κ2) is 9.44. The predicted molar refractivity (Wildman–Crippen MR) is 123 cm³/mol. The highest BCUT2D eigenvalue weighted by molar-refractivity contribution is 7.99. The number of benzene rings is 2. The number of rotatable bonds is 7. The van der Waals surface area contributed by atoms with E-state index in [0.29, 0.717) is 35.9 Å². The van der Waals surface area contributed by atoms with Gasteiger partial charge in [0, 0.05) is 29.8 Å². The molecule has 2 aromatic carbocycles. The summed E-state index contributed by atoms with van der Waals surface area (Å²) in [7, 11) is 0. The van der Waals surface area contributed by atoms with E-state index in [1.54, 1.807) is 24.3 Å². The number of nitrogens with zero attached hydrogens (tertiary/aromatic N) is 3. The predicted octanol–water partition coefficient (Wildman–Crippen LogP) is 4.12. The minimum atomic E-state index is -0.311. The minimum absolute atomic E-state index is 0.000306. The van der Waals surface area contributed by atoms with Gasteiger partial charge < -0.3 is 10.1 Å². The van der Waals surface area contributed by atoms with Gasteiger partial charge in [0.05, 0.1) is 18.4 Å². The summed E-state index contributed by atoms with van der Waals surface area (Å²) in [5, 5.41) is 12.1. The Morgan fingerprint density at radius 3 is 2.82 bits per heavy atom. The number of thioether (sulfide) groups is 1. The Kier molecular flexibility index (Phi) is 6.24. The zero-order valence-corrected chi connectivity index (χ0v) is 18.7. The van der Waals surface area contributed by atoms with E-state index in [0.717, 1.165) is 36.3 Å². The van der Waals surface area contributed by atoms with Crippen LogP contribution in [-0.4, -0.2) is 44.9 Å². The minimum Gasteiger partial charge on any atom is -0.376 e. The van der Waals surface area contributed by atoms with Gasteiger partial charge in [0.15, 0.2) is 16.8 Å². The Bertz CT molecular complexity index is 1190. The number of aromatic nitrogens is 3. The molecule has 0 bridgehead atoms. The van der Waals surface area contributed by atoms with Crippen molar-refractivity contribution in [1.82, 2.24) is 14.8 Å². The first kappa shape index (κ1) is 21.8. The molecule has 0 radical (unpaired) electrons. The van der Waals surface area contributed by atoms with E-state index in [1.165, 1.54) is 23.9 Å². The molecule has 33 heavy (non-hydrogen) atoms. The molecule has 1 N–H and O–H groups in total. The van der Waals surface area contributed by atoms with Crippen LogP contribution < -0.4 is 5.32 Å². The fourth-order valence-electron chi connectivity index (χ4n) is 4.13. The van der Waals surface area contributed by atoms with E-state index in [9.17, 15) is 14.0 Å². The van der Waals surface area contributed by atoms with E-state index in [1.807, 2.05) is 10.6 Å². The van der Waals surface area contributed by atoms with Crippen LogP contribution in [0.25, 0.3) is 11.4 Å². The second-order valence-corrected chi connectivity index (χ2v) is 9.13. The zero-order chi connectivity index (χ0) is 22.8. The van der Waals surface area contributed by atoms with Gasteiger partial charge in [-0.2, -0.15) is 0 Å². The molecule has 2 aliphatic heterocycles. The molecule has 2 aliphatic rings. The van der Waals surface area contributed by atoms with E-state index < -0.39 is 0 Å². The summed E-state index contributed by atoms with van der Waals surface area (Å²) in [5.41, 5.74) is 3.12. The zero-order valence-electron chi connectivity index (χ0n) is 17.9. The Labute approximate surface area is 194 Å². The molecule has 0 spiro atoms. The van der Waals surface area contributed by atoms with E-state index in [-0.39, 0.29) is 29.4 Å². The standard InChI is InChI=1S/C24H23FN4O3S/c25-18-7-3-15(4-8-18)23-27-28-24(29(23)13-19-2-1-11-32-19)33-14-21(30)17-5-9-20-16(12-17)6-10-22(31)26-20/h3-5,7-9,12,19H,1-2,6,10-11,13-14H2,(H,26,31)/t19-/m0/s1. The maximum Gasteiger partial charge on any atom is 0.224 e. The molecule has 0 unspecified atom stereocenters. The number of ketones is 1. The lowest BCUT2D eigenvalue weighted by Gasteiger charge is -2.17. The number of hydrogen-bond acceptors (Lipinski definition) is 6.